The Balaban J connectivity index is 1.22. The van der Waals surface area contributed by atoms with Gasteiger partial charge in [0.2, 0.25) is 5.88 Å². The Kier molecular flexibility index (Phi) is 7.45. The van der Waals surface area contributed by atoms with Crippen molar-refractivity contribution in [3.05, 3.63) is 88.4 Å². The Morgan fingerprint density at radius 1 is 1.26 bits per heavy atom. The highest BCUT2D eigenvalue weighted by molar-refractivity contribution is 5.90. The number of rotatable bonds is 8. The van der Waals surface area contributed by atoms with Crippen molar-refractivity contribution in [3.63, 3.8) is 0 Å². The molecule has 7 nitrogen and oxygen atoms in total. The molecular formula is C31H31FN4O3. The molecule has 200 valence electrons. The first kappa shape index (κ1) is 26.5. The first-order valence-corrected chi connectivity index (χ1v) is 13.2. The van der Waals surface area contributed by atoms with Crippen LogP contribution in [0, 0.1) is 35.9 Å². The number of fused-ring (bicyclic) bond motifs is 1. The van der Waals surface area contributed by atoms with Gasteiger partial charge in [-0.3, -0.25) is 9.89 Å². The molecule has 4 atom stereocenters. The van der Waals surface area contributed by atoms with E-state index in [2.05, 4.69) is 11.8 Å². The highest BCUT2D eigenvalue weighted by Crippen LogP contribution is 2.55. The van der Waals surface area contributed by atoms with E-state index in [1.807, 2.05) is 32.0 Å². The Morgan fingerprint density at radius 2 is 2.08 bits per heavy atom. The van der Waals surface area contributed by atoms with Gasteiger partial charge in [0.25, 0.3) is 0 Å². The predicted molar refractivity (Wildman–Crippen MR) is 146 cm³/mol. The van der Waals surface area contributed by atoms with Crippen LogP contribution in [0.25, 0.3) is 0 Å². The van der Waals surface area contributed by atoms with Gasteiger partial charge in [0, 0.05) is 41.5 Å². The lowest BCUT2D eigenvalue weighted by molar-refractivity contribution is 0.0697. The number of aryl methyl sites for hydroxylation is 1. The lowest BCUT2D eigenvalue weighted by Crippen LogP contribution is -2.38. The second-order valence-electron chi connectivity index (χ2n) is 10.6. The summed E-state index contributed by atoms with van der Waals surface area (Å²) in [5.41, 5.74) is 4.59. The van der Waals surface area contributed by atoms with Gasteiger partial charge in [-0.1, -0.05) is 19.1 Å². The van der Waals surface area contributed by atoms with E-state index < -0.39 is 11.8 Å². The maximum Gasteiger partial charge on any atom is 0.335 e. The third kappa shape index (κ3) is 5.69. The third-order valence-corrected chi connectivity index (χ3v) is 7.88. The van der Waals surface area contributed by atoms with E-state index >= 15 is 0 Å². The summed E-state index contributed by atoms with van der Waals surface area (Å²) in [7, 11) is 0. The zero-order valence-electron chi connectivity index (χ0n) is 22.3. The van der Waals surface area contributed by atoms with E-state index in [1.54, 1.807) is 36.4 Å². The number of pyridine rings is 1. The van der Waals surface area contributed by atoms with Crippen LogP contribution >= 0.6 is 0 Å². The SMILES string of the molecule is CC(CN1CC[C@@H](c2cccc(OCc3ccc(C#N)cc3F)n2)C2C(C)C21)=Nc1ccc(C(=O)O)cc1C. The Morgan fingerprint density at radius 3 is 2.79 bits per heavy atom. The molecule has 3 aromatic rings. The number of hydrogen-bond donors (Lipinski definition) is 1. The van der Waals surface area contributed by atoms with Crippen LogP contribution in [0.5, 0.6) is 5.88 Å². The minimum absolute atomic E-state index is 0.0476. The van der Waals surface area contributed by atoms with E-state index in [9.17, 15) is 14.3 Å². The smallest absolute Gasteiger partial charge is 0.335 e. The number of halogens is 1. The van der Waals surface area contributed by atoms with E-state index in [1.165, 1.54) is 6.07 Å². The largest absolute Gasteiger partial charge is 0.478 e. The number of carboxylic acid groups (broad SMARTS) is 1. The molecule has 2 aliphatic rings. The van der Waals surface area contributed by atoms with Crippen molar-refractivity contribution in [3.8, 4) is 11.9 Å². The molecule has 5 rings (SSSR count). The van der Waals surface area contributed by atoms with Crippen molar-refractivity contribution >= 4 is 17.4 Å². The Bertz CT molecular complexity index is 1480. The Hall–Kier alpha value is -4.09. The molecule has 1 aliphatic carbocycles. The number of carboxylic acids is 1. The number of aromatic nitrogens is 1. The fourth-order valence-corrected chi connectivity index (χ4v) is 5.88. The zero-order chi connectivity index (χ0) is 27.7. The van der Waals surface area contributed by atoms with Crippen LogP contribution in [0.15, 0.2) is 59.6 Å². The van der Waals surface area contributed by atoms with E-state index in [-0.39, 0.29) is 17.7 Å². The molecule has 2 fully saturated rings. The van der Waals surface area contributed by atoms with E-state index in [0.717, 1.165) is 42.2 Å². The predicted octanol–water partition coefficient (Wildman–Crippen LogP) is 5.89. The van der Waals surface area contributed by atoms with Gasteiger partial charge in [-0.15, -0.1) is 0 Å². The van der Waals surface area contributed by atoms with Crippen LogP contribution in [0.2, 0.25) is 0 Å². The molecule has 39 heavy (non-hydrogen) atoms. The summed E-state index contributed by atoms with van der Waals surface area (Å²) < 4.78 is 20.1. The fourth-order valence-electron chi connectivity index (χ4n) is 5.88. The second kappa shape index (κ2) is 11.0. The average Bonchev–Trinajstić information content (AvgIpc) is 3.60. The second-order valence-corrected chi connectivity index (χ2v) is 10.6. The molecule has 0 amide bonds. The van der Waals surface area contributed by atoms with Crippen LogP contribution < -0.4 is 4.74 Å². The quantitative estimate of drug-likeness (QED) is 0.367. The number of hydrogen-bond acceptors (Lipinski definition) is 6. The number of piperidine rings is 1. The highest BCUT2D eigenvalue weighted by atomic mass is 19.1. The van der Waals surface area contributed by atoms with Crippen molar-refractivity contribution < 1.29 is 19.0 Å². The summed E-state index contributed by atoms with van der Waals surface area (Å²) >= 11 is 0. The van der Waals surface area contributed by atoms with Crippen molar-refractivity contribution in [2.75, 3.05) is 13.1 Å². The lowest BCUT2D eigenvalue weighted by atomic mass is 9.91. The summed E-state index contributed by atoms with van der Waals surface area (Å²) in [6.07, 6.45) is 0.978. The topological polar surface area (TPSA) is 98.8 Å². The summed E-state index contributed by atoms with van der Waals surface area (Å²) in [5, 5.41) is 18.1. The van der Waals surface area contributed by atoms with Crippen molar-refractivity contribution in [2.45, 2.75) is 45.8 Å². The monoisotopic (exact) mass is 526 g/mol. The summed E-state index contributed by atoms with van der Waals surface area (Å²) in [6, 6.07) is 17.6. The van der Waals surface area contributed by atoms with Crippen LogP contribution in [0.3, 0.4) is 0 Å². The summed E-state index contributed by atoms with van der Waals surface area (Å²) in [4.78, 5) is 23.3. The van der Waals surface area contributed by atoms with Gasteiger partial charge in [-0.25, -0.2) is 14.2 Å². The molecule has 1 N–H and O–H groups in total. The maximum atomic E-state index is 14.2. The molecule has 1 aromatic heterocycles. The van der Waals surface area contributed by atoms with Gasteiger partial charge in [-0.05, 0) is 80.6 Å². The first-order valence-electron chi connectivity index (χ1n) is 13.2. The number of aliphatic imine (C=N–C) groups is 1. The summed E-state index contributed by atoms with van der Waals surface area (Å²) in [5.74, 6) is 0.449. The van der Waals surface area contributed by atoms with E-state index in [0.29, 0.717) is 35.2 Å². The molecule has 3 unspecified atom stereocenters. The van der Waals surface area contributed by atoms with Crippen molar-refractivity contribution in [1.29, 1.82) is 5.26 Å². The minimum Gasteiger partial charge on any atom is -0.478 e. The number of ether oxygens (including phenoxy) is 1. The third-order valence-electron chi connectivity index (χ3n) is 7.88. The number of nitriles is 1. The fraction of sp³-hybridized carbons (Fsp3) is 0.355. The molecule has 0 radical (unpaired) electrons. The molecule has 0 spiro atoms. The van der Waals surface area contributed by atoms with Gasteiger partial charge in [0.15, 0.2) is 0 Å². The van der Waals surface area contributed by atoms with Gasteiger partial charge >= 0.3 is 5.97 Å². The zero-order valence-corrected chi connectivity index (χ0v) is 22.3. The molecule has 1 aliphatic heterocycles. The van der Waals surface area contributed by atoms with E-state index in [4.69, 9.17) is 20.0 Å². The van der Waals surface area contributed by atoms with Gasteiger partial charge in [-0.2, -0.15) is 5.26 Å². The first-order chi connectivity index (χ1) is 18.7. The molecule has 0 bridgehead atoms. The van der Waals surface area contributed by atoms with Crippen molar-refractivity contribution in [1.82, 2.24) is 9.88 Å². The summed E-state index contributed by atoms with van der Waals surface area (Å²) in [6.45, 7) is 7.95. The number of benzene rings is 2. The molecule has 2 heterocycles. The standard InChI is InChI=1S/C31H31FN4O3/c1-18-13-22(31(37)38)9-10-26(18)34-19(2)16-36-12-11-24(29-20(3)30(29)36)27-5-4-6-28(35-27)39-17-23-8-7-21(15-33)14-25(23)32/h4-10,13-14,20,24,29-30H,11-12,16-17H2,1-3H3,(H,37,38)/t20?,24-,29?,30?/m0/s1. The molecule has 1 saturated heterocycles. The maximum absolute atomic E-state index is 14.2. The molecule has 1 saturated carbocycles. The molecule has 2 aromatic carbocycles. The van der Waals surface area contributed by atoms with Crippen molar-refractivity contribution in [2.24, 2.45) is 16.8 Å². The number of aromatic carboxylic acids is 1. The van der Waals surface area contributed by atoms with Crippen LogP contribution in [-0.4, -0.2) is 45.8 Å². The number of nitrogens with zero attached hydrogens (tertiary/aromatic N) is 4. The molecule has 8 heteroatoms. The van der Waals surface area contributed by atoms with Gasteiger partial charge in [0.05, 0.1) is 22.9 Å². The number of carbonyl (C=O) groups is 1. The highest BCUT2D eigenvalue weighted by Gasteiger charge is 2.57. The average molecular weight is 527 g/mol. The normalized spacial score (nSPS) is 22.6. The van der Waals surface area contributed by atoms with Gasteiger partial charge < -0.3 is 9.84 Å². The Labute approximate surface area is 227 Å². The van der Waals surface area contributed by atoms with Crippen LogP contribution in [0.1, 0.15) is 58.9 Å². The van der Waals surface area contributed by atoms with Crippen LogP contribution in [0.4, 0.5) is 10.1 Å². The van der Waals surface area contributed by atoms with Crippen LogP contribution in [-0.2, 0) is 6.61 Å². The molecular weight excluding hydrogens is 495 g/mol. The lowest BCUT2D eigenvalue weighted by Gasteiger charge is -2.31. The van der Waals surface area contributed by atoms with Gasteiger partial charge in [0.1, 0.15) is 12.4 Å². The minimum atomic E-state index is -0.936. The number of likely N-dealkylation sites (tertiary alicyclic amines) is 1.